The molecule has 198 valence electrons. The summed E-state index contributed by atoms with van der Waals surface area (Å²) in [6.45, 7) is 18.4. The topological polar surface area (TPSA) is 15.9 Å². The summed E-state index contributed by atoms with van der Waals surface area (Å²) < 4.78 is 2.66. The zero-order chi connectivity index (χ0) is 26.6. The maximum atomic E-state index is 4.38. The monoisotopic (exact) mass is 513 g/mol. The van der Waals surface area contributed by atoms with Crippen LogP contribution in [0.5, 0.6) is 0 Å². The number of fused-ring (bicyclic) bond motifs is 3. The van der Waals surface area contributed by atoms with E-state index in [2.05, 4.69) is 98.3 Å². The summed E-state index contributed by atoms with van der Waals surface area (Å²) in [7, 11) is 0.466. The number of benzene rings is 1. The number of allylic oxidation sites excluding steroid dienone is 4. The largest absolute Gasteiger partial charge is 0.392 e. The average Bonchev–Trinajstić information content (AvgIpc) is 2.88. The second kappa shape index (κ2) is 12.0. The Morgan fingerprint density at radius 2 is 1.84 bits per heavy atom. The van der Waals surface area contributed by atoms with Gasteiger partial charge in [-0.2, -0.15) is 4.57 Å². The van der Waals surface area contributed by atoms with Crippen molar-refractivity contribution in [2.45, 2.75) is 96.3 Å². The lowest BCUT2D eigenvalue weighted by atomic mass is 9.77. The molecule has 1 N–H and O–H groups in total. The third-order valence-corrected chi connectivity index (χ3v) is 10.8. The number of aromatic nitrogens is 1. The van der Waals surface area contributed by atoms with Crippen molar-refractivity contribution in [3.8, 4) is 11.3 Å². The summed E-state index contributed by atoms with van der Waals surface area (Å²) in [5, 5.41) is 5.01. The van der Waals surface area contributed by atoms with Gasteiger partial charge in [-0.15, -0.1) is 0 Å². The zero-order valence-electron chi connectivity index (χ0n) is 24.1. The lowest BCUT2D eigenvalue weighted by Gasteiger charge is -2.33. The highest BCUT2D eigenvalue weighted by Gasteiger charge is 2.41. The molecule has 3 heteroatoms. The van der Waals surface area contributed by atoms with Gasteiger partial charge in [0.25, 0.3) is 0 Å². The standard InChI is InChI=1S/C34H49N2Si/c1-8-14-25(2)19-20-31-29-17-12-13-18-30(29)33-23-28(22-27-15-10-9-11-16-27)34(37(5,6)7)24-36(33)32(31)21-26(3)35-4/h8,12-14,17-18,23-24,27,31-32,35H,2-3,9-11,15-16,19-22H2,1,4-7H3/q+1/b14-8-. The smallest absolute Gasteiger partial charge is 0.213 e. The molecule has 0 amide bonds. The summed E-state index contributed by atoms with van der Waals surface area (Å²) in [5.74, 6) is 1.27. The van der Waals surface area contributed by atoms with Crippen molar-refractivity contribution in [1.82, 2.24) is 5.32 Å². The number of nitrogens with one attached hydrogen (secondary N) is 1. The number of pyridine rings is 1. The molecule has 1 aliphatic carbocycles. The van der Waals surface area contributed by atoms with Gasteiger partial charge >= 0.3 is 0 Å². The molecule has 0 radical (unpaired) electrons. The molecule has 0 spiro atoms. The number of hydrogen-bond donors (Lipinski definition) is 1. The number of nitrogens with zero attached hydrogens (tertiary/aromatic N) is 1. The van der Waals surface area contributed by atoms with Crippen LogP contribution >= 0.6 is 0 Å². The van der Waals surface area contributed by atoms with Crippen molar-refractivity contribution in [2.75, 3.05) is 7.05 Å². The van der Waals surface area contributed by atoms with E-state index in [0.29, 0.717) is 12.0 Å². The highest BCUT2D eigenvalue weighted by molar-refractivity contribution is 6.89. The Bertz CT molecular complexity index is 1150. The summed E-state index contributed by atoms with van der Waals surface area (Å²) in [5.41, 5.74) is 8.27. The highest BCUT2D eigenvalue weighted by atomic mass is 28.3. The van der Waals surface area contributed by atoms with Gasteiger partial charge in [0.1, 0.15) is 0 Å². The Morgan fingerprint density at radius 1 is 1.11 bits per heavy atom. The van der Waals surface area contributed by atoms with Crippen LogP contribution in [-0.4, -0.2) is 15.1 Å². The third-order valence-electron chi connectivity index (χ3n) is 8.69. The van der Waals surface area contributed by atoms with Gasteiger partial charge in [0.05, 0.1) is 8.07 Å². The van der Waals surface area contributed by atoms with Crippen molar-refractivity contribution in [3.05, 3.63) is 84.2 Å². The van der Waals surface area contributed by atoms with Gasteiger partial charge in [0, 0.05) is 41.9 Å². The second-order valence-corrected chi connectivity index (χ2v) is 17.5. The van der Waals surface area contributed by atoms with Crippen LogP contribution in [-0.2, 0) is 6.42 Å². The molecular weight excluding hydrogens is 464 g/mol. The fourth-order valence-electron chi connectivity index (χ4n) is 6.70. The van der Waals surface area contributed by atoms with Crippen LogP contribution in [0.2, 0.25) is 19.6 Å². The molecule has 2 atom stereocenters. The maximum absolute atomic E-state index is 4.38. The lowest BCUT2D eigenvalue weighted by molar-refractivity contribution is -0.717. The van der Waals surface area contributed by atoms with Crippen molar-refractivity contribution in [3.63, 3.8) is 0 Å². The first-order valence-corrected chi connectivity index (χ1v) is 18.1. The molecule has 2 unspecified atom stereocenters. The molecule has 0 saturated heterocycles. The van der Waals surface area contributed by atoms with E-state index in [4.69, 9.17) is 0 Å². The van der Waals surface area contributed by atoms with Gasteiger partial charge in [-0.1, -0.05) is 101 Å². The highest BCUT2D eigenvalue weighted by Crippen LogP contribution is 2.43. The van der Waals surface area contributed by atoms with Gasteiger partial charge in [-0.3, -0.25) is 0 Å². The summed E-state index contributed by atoms with van der Waals surface area (Å²) in [6, 6.07) is 12.1. The van der Waals surface area contributed by atoms with Gasteiger partial charge in [0.15, 0.2) is 12.2 Å². The Hall–Kier alpha value is -2.39. The van der Waals surface area contributed by atoms with E-state index in [-0.39, 0.29) is 0 Å². The van der Waals surface area contributed by atoms with E-state index in [1.807, 2.05) is 7.05 Å². The van der Waals surface area contributed by atoms with E-state index in [9.17, 15) is 0 Å². The van der Waals surface area contributed by atoms with E-state index in [0.717, 1.165) is 30.9 Å². The molecule has 1 aromatic carbocycles. The minimum absolute atomic E-state index is 0.349. The molecule has 2 aliphatic rings. The molecule has 2 aromatic rings. The first-order valence-electron chi connectivity index (χ1n) is 14.6. The van der Waals surface area contributed by atoms with Crippen molar-refractivity contribution in [2.24, 2.45) is 5.92 Å². The van der Waals surface area contributed by atoms with Crippen LogP contribution in [0.15, 0.2) is 73.1 Å². The van der Waals surface area contributed by atoms with E-state index < -0.39 is 8.07 Å². The third kappa shape index (κ3) is 6.37. The van der Waals surface area contributed by atoms with Crippen molar-refractivity contribution in [1.29, 1.82) is 0 Å². The second-order valence-electron chi connectivity index (χ2n) is 12.5. The van der Waals surface area contributed by atoms with Gasteiger partial charge < -0.3 is 5.32 Å². The first-order chi connectivity index (χ1) is 17.7. The predicted molar refractivity (Wildman–Crippen MR) is 163 cm³/mol. The van der Waals surface area contributed by atoms with Crippen molar-refractivity contribution >= 4 is 13.3 Å². The number of hydrogen-bond acceptors (Lipinski definition) is 1. The maximum Gasteiger partial charge on any atom is 0.213 e. The van der Waals surface area contributed by atoms with E-state index in [1.54, 1.807) is 10.8 Å². The van der Waals surface area contributed by atoms with Crippen LogP contribution < -0.4 is 15.1 Å². The van der Waals surface area contributed by atoms with Crippen LogP contribution in [0.3, 0.4) is 0 Å². The van der Waals surface area contributed by atoms with Gasteiger partial charge in [-0.05, 0) is 49.3 Å². The molecule has 37 heavy (non-hydrogen) atoms. The Morgan fingerprint density at radius 3 is 2.51 bits per heavy atom. The van der Waals surface area contributed by atoms with Gasteiger partial charge in [-0.25, -0.2) is 0 Å². The minimum atomic E-state index is -1.54. The van der Waals surface area contributed by atoms with Gasteiger partial charge in [0.2, 0.25) is 5.69 Å². The van der Waals surface area contributed by atoms with Crippen LogP contribution in [0, 0.1) is 5.92 Å². The van der Waals surface area contributed by atoms with Crippen molar-refractivity contribution < 1.29 is 4.57 Å². The lowest BCUT2D eigenvalue weighted by Crippen LogP contribution is -2.54. The Balaban J connectivity index is 1.85. The fraction of sp³-hybridized carbons (Fsp3) is 0.500. The average molecular weight is 514 g/mol. The van der Waals surface area contributed by atoms with Crippen LogP contribution in [0.4, 0.5) is 0 Å². The first kappa shape index (κ1) is 27.6. The molecule has 1 aromatic heterocycles. The number of rotatable bonds is 10. The zero-order valence-corrected chi connectivity index (χ0v) is 25.1. The summed E-state index contributed by atoms with van der Waals surface area (Å²) >= 11 is 0. The molecule has 1 saturated carbocycles. The molecule has 1 aliphatic heterocycles. The molecule has 4 rings (SSSR count). The fourth-order valence-corrected chi connectivity index (χ4v) is 8.37. The quantitative estimate of drug-likeness (QED) is 0.193. The van der Waals surface area contributed by atoms with Crippen LogP contribution in [0.1, 0.15) is 81.4 Å². The Kier molecular flexibility index (Phi) is 8.95. The molecule has 1 fully saturated rings. The van der Waals surface area contributed by atoms with E-state index in [1.165, 1.54) is 60.9 Å². The summed E-state index contributed by atoms with van der Waals surface area (Å²) in [6.07, 6.45) is 18.2. The molecule has 2 nitrogen and oxygen atoms in total. The predicted octanol–water partition coefficient (Wildman–Crippen LogP) is 7.98. The summed E-state index contributed by atoms with van der Waals surface area (Å²) in [4.78, 5) is 0. The van der Waals surface area contributed by atoms with Crippen LogP contribution in [0.25, 0.3) is 11.3 Å². The Labute approximate surface area is 227 Å². The molecular formula is C34H49N2Si+. The SMILES string of the molecule is C=C(/C=C\C)CCC1c2ccccc2-c2cc(CC3CCCCC3)c([Si](C)(C)C)c[n+]2C1CC(=C)NC. The van der Waals surface area contributed by atoms with E-state index >= 15 is 0 Å². The molecule has 2 heterocycles. The molecule has 0 bridgehead atoms. The minimum Gasteiger partial charge on any atom is -0.392 e. The normalized spacial score (nSPS) is 19.9.